The second-order valence-electron chi connectivity index (χ2n) is 6.81. The molecular formula is C22H22N2O2. The van der Waals surface area contributed by atoms with Gasteiger partial charge in [-0.3, -0.25) is 4.99 Å². The Morgan fingerprint density at radius 2 is 1.85 bits per heavy atom. The van der Waals surface area contributed by atoms with Gasteiger partial charge in [0.25, 0.3) is 0 Å². The summed E-state index contributed by atoms with van der Waals surface area (Å²) in [7, 11) is 0. The van der Waals surface area contributed by atoms with Gasteiger partial charge in [-0.05, 0) is 54.7 Å². The van der Waals surface area contributed by atoms with Crippen LogP contribution in [0.2, 0.25) is 0 Å². The smallest absolute Gasteiger partial charge is 0.132 e. The minimum Gasteiger partial charge on any atom is -0.507 e. The number of aliphatic imine (C=N–C) groups is 1. The van der Waals surface area contributed by atoms with Crippen LogP contribution in [0.1, 0.15) is 29.5 Å². The van der Waals surface area contributed by atoms with E-state index in [0.29, 0.717) is 5.70 Å². The van der Waals surface area contributed by atoms with Gasteiger partial charge >= 0.3 is 0 Å². The average molecular weight is 346 g/mol. The summed E-state index contributed by atoms with van der Waals surface area (Å²) in [5.41, 5.74) is 4.06. The quantitative estimate of drug-likeness (QED) is 0.826. The van der Waals surface area contributed by atoms with Crippen molar-refractivity contribution < 1.29 is 9.84 Å². The van der Waals surface area contributed by atoms with Crippen LogP contribution in [-0.4, -0.2) is 30.5 Å². The minimum absolute atomic E-state index is 0.235. The van der Waals surface area contributed by atoms with Crippen molar-refractivity contribution in [3.63, 3.8) is 0 Å². The average Bonchev–Trinajstić information content (AvgIpc) is 2.67. The van der Waals surface area contributed by atoms with Gasteiger partial charge in [0.15, 0.2) is 0 Å². The number of piperidine rings is 1. The summed E-state index contributed by atoms with van der Waals surface area (Å²) in [6.07, 6.45) is 3.99. The molecule has 1 spiro atoms. The van der Waals surface area contributed by atoms with E-state index in [4.69, 9.17) is 4.74 Å². The number of phenolic OH excluding ortho intramolecular Hbond substituents is 1. The van der Waals surface area contributed by atoms with Crippen LogP contribution in [0.25, 0.3) is 11.3 Å². The Morgan fingerprint density at radius 3 is 2.54 bits per heavy atom. The van der Waals surface area contributed by atoms with Crippen LogP contribution in [0.4, 0.5) is 0 Å². The molecule has 2 N–H and O–H groups in total. The molecule has 2 aromatic rings. The lowest BCUT2D eigenvalue weighted by molar-refractivity contribution is 0.0813. The second-order valence-corrected chi connectivity index (χ2v) is 6.81. The highest BCUT2D eigenvalue weighted by atomic mass is 16.5. The number of aromatic hydroxyl groups is 1. The van der Waals surface area contributed by atoms with E-state index in [-0.39, 0.29) is 11.4 Å². The van der Waals surface area contributed by atoms with E-state index in [9.17, 15) is 5.11 Å². The normalized spacial score (nSPS) is 17.8. The summed E-state index contributed by atoms with van der Waals surface area (Å²) >= 11 is 0. The number of nitrogens with one attached hydrogen (secondary N) is 1. The molecule has 4 nitrogen and oxygen atoms in total. The van der Waals surface area contributed by atoms with Crippen LogP contribution in [0, 0.1) is 0 Å². The summed E-state index contributed by atoms with van der Waals surface area (Å²) in [4.78, 5) is 3.89. The van der Waals surface area contributed by atoms with Gasteiger partial charge in [0.1, 0.15) is 17.1 Å². The zero-order chi connectivity index (χ0) is 18.1. The van der Waals surface area contributed by atoms with Crippen LogP contribution in [-0.2, 0) is 0 Å². The fourth-order valence-corrected chi connectivity index (χ4v) is 3.72. The van der Waals surface area contributed by atoms with Crippen LogP contribution in [0.3, 0.4) is 0 Å². The molecule has 0 radical (unpaired) electrons. The fourth-order valence-electron chi connectivity index (χ4n) is 3.72. The van der Waals surface area contributed by atoms with Crippen LogP contribution in [0.15, 0.2) is 60.1 Å². The van der Waals surface area contributed by atoms with Crippen molar-refractivity contribution in [3.05, 3.63) is 71.8 Å². The van der Waals surface area contributed by atoms with Crippen LogP contribution >= 0.6 is 0 Å². The summed E-state index contributed by atoms with van der Waals surface area (Å²) in [6.45, 7) is 9.26. The Morgan fingerprint density at radius 1 is 1.12 bits per heavy atom. The molecule has 1 fully saturated rings. The van der Waals surface area contributed by atoms with Crippen molar-refractivity contribution >= 4 is 18.0 Å². The topological polar surface area (TPSA) is 53.9 Å². The molecule has 2 aromatic carbocycles. The SMILES string of the molecule is C=NC(=C)c1ccc(C2=CC3(CCNCC3)Oc3cccc(O)c32)cc1. The Kier molecular flexibility index (Phi) is 4.13. The van der Waals surface area contributed by atoms with Crippen molar-refractivity contribution in [1.82, 2.24) is 5.32 Å². The zero-order valence-electron chi connectivity index (χ0n) is 14.7. The molecule has 0 aliphatic carbocycles. The number of hydrogen-bond acceptors (Lipinski definition) is 4. The summed E-state index contributed by atoms with van der Waals surface area (Å²) < 4.78 is 6.36. The first-order valence-corrected chi connectivity index (χ1v) is 8.83. The standard InChI is InChI=1S/C22H22N2O2/c1-15(23-2)16-6-8-17(9-7-16)18-14-22(10-12-24-13-11-22)26-20-5-3-4-19(25)21(18)20/h3-9,14,24-25H,1-2,10-13H2. The third-order valence-corrected chi connectivity index (χ3v) is 5.16. The molecule has 0 saturated carbocycles. The van der Waals surface area contributed by atoms with E-state index in [1.54, 1.807) is 6.07 Å². The third kappa shape index (κ3) is 2.82. The maximum Gasteiger partial charge on any atom is 0.132 e. The second kappa shape index (κ2) is 6.46. The van der Waals surface area contributed by atoms with Crippen molar-refractivity contribution in [2.45, 2.75) is 18.4 Å². The Hall–Kier alpha value is -2.85. The van der Waals surface area contributed by atoms with Crippen LogP contribution in [0.5, 0.6) is 11.5 Å². The maximum atomic E-state index is 10.5. The van der Waals surface area contributed by atoms with Crippen molar-refractivity contribution in [2.24, 2.45) is 4.99 Å². The van der Waals surface area contributed by atoms with E-state index in [2.05, 4.69) is 29.7 Å². The van der Waals surface area contributed by atoms with Gasteiger partial charge in [-0.1, -0.05) is 36.9 Å². The fraction of sp³-hybridized carbons (Fsp3) is 0.227. The van der Waals surface area contributed by atoms with E-state index in [1.165, 1.54) is 0 Å². The molecule has 0 aromatic heterocycles. The largest absolute Gasteiger partial charge is 0.507 e. The number of benzene rings is 2. The highest BCUT2D eigenvalue weighted by molar-refractivity contribution is 5.88. The Balaban J connectivity index is 1.83. The van der Waals surface area contributed by atoms with Gasteiger partial charge in [-0.2, -0.15) is 0 Å². The maximum absolute atomic E-state index is 10.5. The molecule has 132 valence electrons. The summed E-state index contributed by atoms with van der Waals surface area (Å²) in [6, 6.07) is 13.5. The summed E-state index contributed by atoms with van der Waals surface area (Å²) in [5.74, 6) is 0.976. The lowest BCUT2D eigenvalue weighted by Crippen LogP contribution is -2.46. The Bertz CT molecular complexity index is 891. The number of fused-ring (bicyclic) bond motifs is 1. The highest BCUT2D eigenvalue weighted by Crippen LogP contribution is 2.46. The van der Waals surface area contributed by atoms with Gasteiger partial charge in [0, 0.05) is 12.8 Å². The zero-order valence-corrected chi connectivity index (χ0v) is 14.7. The monoisotopic (exact) mass is 346 g/mol. The predicted molar refractivity (Wildman–Crippen MR) is 106 cm³/mol. The lowest BCUT2D eigenvalue weighted by Gasteiger charge is -2.40. The molecule has 0 amide bonds. The number of rotatable bonds is 3. The number of ether oxygens (including phenoxy) is 1. The van der Waals surface area contributed by atoms with Gasteiger partial charge in [0.05, 0.1) is 11.3 Å². The summed E-state index contributed by atoms with van der Waals surface area (Å²) in [5, 5.41) is 13.9. The third-order valence-electron chi connectivity index (χ3n) is 5.16. The number of nitrogens with zero attached hydrogens (tertiary/aromatic N) is 1. The van der Waals surface area contributed by atoms with Crippen molar-refractivity contribution in [1.29, 1.82) is 0 Å². The van der Waals surface area contributed by atoms with E-state index >= 15 is 0 Å². The molecule has 4 heteroatoms. The van der Waals surface area contributed by atoms with E-state index in [0.717, 1.165) is 53.9 Å². The van der Waals surface area contributed by atoms with Crippen molar-refractivity contribution in [3.8, 4) is 11.5 Å². The molecule has 2 aliphatic heterocycles. The van der Waals surface area contributed by atoms with Crippen molar-refractivity contribution in [2.75, 3.05) is 13.1 Å². The number of phenols is 1. The molecule has 0 unspecified atom stereocenters. The molecule has 2 heterocycles. The lowest BCUT2D eigenvalue weighted by atomic mass is 9.83. The van der Waals surface area contributed by atoms with Gasteiger partial charge in [-0.15, -0.1) is 0 Å². The molecule has 0 atom stereocenters. The van der Waals surface area contributed by atoms with Crippen LogP contribution < -0.4 is 10.1 Å². The van der Waals surface area contributed by atoms with Gasteiger partial charge in [-0.25, -0.2) is 0 Å². The molecular weight excluding hydrogens is 324 g/mol. The molecule has 1 saturated heterocycles. The first kappa shape index (κ1) is 16.6. The predicted octanol–water partition coefficient (Wildman–Crippen LogP) is 4.01. The van der Waals surface area contributed by atoms with Gasteiger partial charge < -0.3 is 15.2 Å². The van der Waals surface area contributed by atoms with E-state index < -0.39 is 0 Å². The molecule has 26 heavy (non-hydrogen) atoms. The first-order chi connectivity index (χ1) is 12.6. The Labute approximate surface area is 153 Å². The van der Waals surface area contributed by atoms with E-state index in [1.807, 2.05) is 36.4 Å². The van der Waals surface area contributed by atoms with Gasteiger partial charge in [0.2, 0.25) is 0 Å². The molecule has 0 bridgehead atoms. The highest BCUT2D eigenvalue weighted by Gasteiger charge is 2.37. The minimum atomic E-state index is -0.327. The molecule has 4 rings (SSSR count). The number of hydrogen-bond donors (Lipinski definition) is 2. The molecule has 2 aliphatic rings. The first-order valence-electron chi connectivity index (χ1n) is 8.83.